The predicted octanol–water partition coefficient (Wildman–Crippen LogP) is 2.99. The van der Waals surface area contributed by atoms with Crippen LogP contribution >= 0.6 is 0 Å². The van der Waals surface area contributed by atoms with Gasteiger partial charge >= 0.3 is 6.18 Å². The van der Waals surface area contributed by atoms with Crippen LogP contribution in [-0.2, 0) is 21.0 Å². The first-order valence-electron chi connectivity index (χ1n) is 7.85. The maximum absolute atomic E-state index is 12.9. The number of nitrogens with one attached hydrogen (secondary N) is 3. The van der Waals surface area contributed by atoms with E-state index in [1.54, 1.807) is 18.2 Å². The quantitative estimate of drug-likeness (QED) is 0.725. The van der Waals surface area contributed by atoms with Crippen molar-refractivity contribution in [3.8, 4) is 0 Å². The summed E-state index contributed by atoms with van der Waals surface area (Å²) in [6.45, 7) is 3.74. The number of aryl methyl sites for hydroxylation is 2. The van der Waals surface area contributed by atoms with Crippen LogP contribution in [0.5, 0.6) is 0 Å². The molecule has 0 bridgehead atoms. The number of halogens is 3. The number of fused-ring (bicyclic) bond motifs is 1. The number of amides is 1. The third kappa shape index (κ3) is 3.91. The number of hydrogen-bond acceptors (Lipinski definition) is 4. The van der Waals surface area contributed by atoms with Crippen molar-refractivity contribution in [2.24, 2.45) is 0 Å². The molecule has 1 atom stereocenters. The zero-order chi connectivity index (χ0) is 20.0. The molecule has 2 aromatic rings. The van der Waals surface area contributed by atoms with Gasteiger partial charge in [0.1, 0.15) is 4.90 Å². The highest BCUT2D eigenvalue weighted by atomic mass is 32.2. The molecule has 3 N–H and O–H groups in total. The summed E-state index contributed by atoms with van der Waals surface area (Å²) in [4.78, 5) is 12.1. The maximum Gasteiger partial charge on any atom is 0.416 e. The van der Waals surface area contributed by atoms with Crippen LogP contribution in [0.1, 0.15) is 16.7 Å². The minimum absolute atomic E-state index is 0.288. The van der Waals surface area contributed by atoms with Gasteiger partial charge in [-0.05, 0) is 55.3 Å². The van der Waals surface area contributed by atoms with Gasteiger partial charge in [0.2, 0.25) is 10.0 Å². The molecule has 0 radical (unpaired) electrons. The molecular weight excluding hydrogens is 383 g/mol. The highest BCUT2D eigenvalue weighted by molar-refractivity contribution is 7.89. The summed E-state index contributed by atoms with van der Waals surface area (Å²) in [6, 6.07) is 7.34. The van der Waals surface area contributed by atoms with E-state index in [0.29, 0.717) is 17.8 Å². The second-order valence-corrected chi connectivity index (χ2v) is 7.88. The Morgan fingerprint density at radius 2 is 1.78 bits per heavy atom. The van der Waals surface area contributed by atoms with Gasteiger partial charge in [-0.2, -0.15) is 17.9 Å². The Morgan fingerprint density at radius 1 is 1.07 bits per heavy atom. The Labute approximate surface area is 153 Å². The Kier molecular flexibility index (Phi) is 4.64. The summed E-state index contributed by atoms with van der Waals surface area (Å²) in [5.41, 5.74) is 1.07. The summed E-state index contributed by atoms with van der Waals surface area (Å²) in [5, 5.41) is 5.05. The molecule has 2 aromatic carbocycles. The van der Waals surface area contributed by atoms with Crippen molar-refractivity contribution in [2.75, 3.05) is 10.6 Å². The number of benzene rings is 2. The summed E-state index contributed by atoms with van der Waals surface area (Å²) >= 11 is 0. The number of alkyl halides is 3. The SMILES string of the molecule is Cc1ccc(NC(=O)C2Nc3cc(C(F)(F)F)ccc3S(=O)(=O)N2)cc1C. The Morgan fingerprint density at radius 3 is 2.41 bits per heavy atom. The lowest BCUT2D eigenvalue weighted by molar-refractivity contribution is -0.137. The molecule has 0 aromatic heterocycles. The molecule has 27 heavy (non-hydrogen) atoms. The predicted molar refractivity (Wildman–Crippen MR) is 93.7 cm³/mol. The maximum atomic E-state index is 12.9. The molecule has 0 saturated heterocycles. The van der Waals surface area contributed by atoms with E-state index in [-0.39, 0.29) is 10.6 Å². The van der Waals surface area contributed by atoms with Crippen LogP contribution in [-0.4, -0.2) is 20.5 Å². The zero-order valence-corrected chi connectivity index (χ0v) is 15.1. The van der Waals surface area contributed by atoms with Gasteiger partial charge in [-0.25, -0.2) is 8.42 Å². The minimum Gasteiger partial charge on any atom is -0.360 e. The fourth-order valence-corrected chi connectivity index (χ4v) is 3.87. The van der Waals surface area contributed by atoms with Gasteiger partial charge in [0.15, 0.2) is 6.17 Å². The number of carbonyl (C=O) groups is 1. The smallest absolute Gasteiger partial charge is 0.360 e. The van der Waals surface area contributed by atoms with E-state index in [1.165, 1.54) is 0 Å². The topological polar surface area (TPSA) is 87.3 Å². The zero-order valence-electron chi connectivity index (χ0n) is 14.3. The number of carbonyl (C=O) groups excluding carboxylic acids is 1. The Bertz CT molecular complexity index is 1020. The molecule has 1 unspecified atom stereocenters. The van der Waals surface area contributed by atoms with Crippen LogP contribution < -0.4 is 15.4 Å². The molecule has 0 aliphatic carbocycles. The molecule has 1 aliphatic heterocycles. The summed E-state index contributed by atoms with van der Waals surface area (Å²) in [5.74, 6) is -0.745. The summed E-state index contributed by atoms with van der Waals surface area (Å²) in [7, 11) is -4.15. The van der Waals surface area contributed by atoms with Crippen LogP contribution in [0.25, 0.3) is 0 Å². The van der Waals surface area contributed by atoms with Gasteiger partial charge in [0, 0.05) is 5.69 Å². The van der Waals surface area contributed by atoms with Crippen molar-refractivity contribution in [1.82, 2.24) is 4.72 Å². The average molecular weight is 399 g/mol. The third-order valence-electron chi connectivity index (χ3n) is 4.21. The number of rotatable bonds is 2. The lowest BCUT2D eigenvalue weighted by Crippen LogP contribution is -2.51. The van der Waals surface area contributed by atoms with E-state index < -0.39 is 33.8 Å². The largest absolute Gasteiger partial charge is 0.416 e. The lowest BCUT2D eigenvalue weighted by atomic mass is 10.1. The molecular formula is C17H16F3N3O3S. The van der Waals surface area contributed by atoms with Crippen LogP contribution in [0.15, 0.2) is 41.3 Å². The first kappa shape index (κ1) is 19.2. The molecule has 0 spiro atoms. The second-order valence-electron chi connectivity index (χ2n) is 6.20. The van der Waals surface area contributed by atoms with Gasteiger partial charge in [-0.1, -0.05) is 6.07 Å². The highest BCUT2D eigenvalue weighted by Gasteiger charge is 2.37. The molecule has 144 valence electrons. The monoisotopic (exact) mass is 399 g/mol. The van der Waals surface area contributed by atoms with Crippen molar-refractivity contribution in [1.29, 1.82) is 0 Å². The van der Waals surface area contributed by atoms with Crippen LogP contribution in [0.3, 0.4) is 0 Å². The van der Waals surface area contributed by atoms with Gasteiger partial charge in [0.05, 0.1) is 11.3 Å². The average Bonchev–Trinajstić information content (AvgIpc) is 2.56. The molecule has 3 rings (SSSR count). The fourth-order valence-electron chi connectivity index (χ4n) is 2.61. The number of anilines is 2. The van der Waals surface area contributed by atoms with Gasteiger partial charge in [-0.15, -0.1) is 0 Å². The number of sulfonamides is 1. The van der Waals surface area contributed by atoms with Crippen molar-refractivity contribution < 1.29 is 26.4 Å². The van der Waals surface area contributed by atoms with Crippen LogP contribution in [0.4, 0.5) is 24.5 Å². The summed E-state index contributed by atoms with van der Waals surface area (Å²) in [6.07, 6.45) is -6.09. The lowest BCUT2D eigenvalue weighted by Gasteiger charge is -2.27. The molecule has 10 heteroatoms. The van der Waals surface area contributed by atoms with Crippen molar-refractivity contribution in [3.05, 3.63) is 53.1 Å². The highest BCUT2D eigenvalue weighted by Crippen LogP contribution is 2.35. The summed E-state index contributed by atoms with van der Waals surface area (Å²) < 4.78 is 65.4. The van der Waals surface area contributed by atoms with Gasteiger partial charge < -0.3 is 10.6 Å². The van der Waals surface area contributed by atoms with Crippen molar-refractivity contribution >= 4 is 27.3 Å². The Hall–Kier alpha value is -2.59. The van der Waals surface area contributed by atoms with E-state index >= 15 is 0 Å². The molecule has 1 aliphatic rings. The standard InChI is InChI=1S/C17H16F3N3O3S/c1-9-3-5-12(7-10(9)2)21-16(24)15-22-13-8-11(17(18,19)20)4-6-14(13)27(25,26)23-15/h3-8,15,22-23H,1-2H3,(H,21,24). The molecule has 1 heterocycles. The van der Waals surface area contributed by atoms with E-state index in [4.69, 9.17) is 0 Å². The van der Waals surface area contributed by atoms with Gasteiger partial charge in [-0.3, -0.25) is 4.79 Å². The molecule has 1 amide bonds. The van der Waals surface area contributed by atoms with E-state index in [0.717, 1.165) is 17.2 Å². The molecule has 0 fully saturated rings. The minimum atomic E-state index is -4.64. The molecule has 6 nitrogen and oxygen atoms in total. The van der Waals surface area contributed by atoms with Crippen LogP contribution in [0, 0.1) is 13.8 Å². The first-order chi connectivity index (χ1) is 12.5. The van der Waals surface area contributed by atoms with Crippen LogP contribution in [0.2, 0.25) is 0 Å². The number of hydrogen-bond donors (Lipinski definition) is 3. The first-order valence-corrected chi connectivity index (χ1v) is 9.34. The van der Waals surface area contributed by atoms with Crippen molar-refractivity contribution in [3.63, 3.8) is 0 Å². The molecule has 0 saturated carbocycles. The second kappa shape index (κ2) is 6.54. The van der Waals surface area contributed by atoms with Crippen molar-refractivity contribution in [2.45, 2.75) is 31.1 Å². The Balaban J connectivity index is 1.89. The fraction of sp³-hybridized carbons (Fsp3) is 0.235. The third-order valence-corrected chi connectivity index (χ3v) is 5.69. The van der Waals surface area contributed by atoms with E-state index in [9.17, 15) is 26.4 Å². The van der Waals surface area contributed by atoms with E-state index in [2.05, 4.69) is 15.4 Å². The van der Waals surface area contributed by atoms with E-state index in [1.807, 2.05) is 13.8 Å². The van der Waals surface area contributed by atoms with Gasteiger partial charge in [0.25, 0.3) is 5.91 Å². The normalized spacial score (nSPS) is 18.3.